The number of ether oxygens (including phenoxy) is 2. The number of esters is 2. The number of hydrogen-bond donors (Lipinski definition) is 0. The highest BCUT2D eigenvalue weighted by molar-refractivity contribution is 5.89. The van der Waals surface area contributed by atoms with Crippen LogP contribution in [0.3, 0.4) is 0 Å². The van der Waals surface area contributed by atoms with E-state index in [1.807, 2.05) is 0 Å². The fourth-order valence-corrected chi connectivity index (χ4v) is 2.93. The summed E-state index contributed by atoms with van der Waals surface area (Å²) in [7, 11) is 0. The van der Waals surface area contributed by atoms with E-state index in [9.17, 15) is 18.4 Å². The largest absolute Gasteiger partial charge is 0.423 e. The van der Waals surface area contributed by atoms with Crippen LogP contribution < -0.4 is 9.47 Å². The molecule has 0 amide bonds. The maximum Gasteiger partial charge on any atom is 0.338 e. The zero-order valence-electron chi connectivity index (χ0n) is 19.9. The predicted molar refractivity (Wildman–Crippen MR) is 138 cm³/mol. The average molecular weight is 487 g/mol. The standard InChI is InChI=1S/C30H24F2O4/c1-19(2)29(33)35-25-16-10-21(11-17-25)8-12-23-14-15-24(28(32)27(23)31)13-9-22-6-5-7-26(18-22)36-30(34)20(3)4/h5-18H,1,3H2,2,4H3/b12-8+,13-9+. The molecule has 0 aromatic heterocycles. The maximum absolute atomic E-state index is 14.7. The van der Waals surface area contributed by atoms with E-state index in [0.29, 0.717) is 22.6 Å². The van der Waals surface area contributed by atoms with Crippen LogP contribution in [0, 0.1) is 11.6 Å². The highest BCUT2D eigenvalue weighted by atomic mass is 19.2. The van der Waals surface area contributed by atoms with Crippen molar-refractivity contribution in [2.24, 2.45) is 0 Å². The Hall–Kier alpha value is -4.58. The van der Waals surface area contributed by atoms with Gasteiger partial charge in [-0.05, 0) is 49.2 Å². The average Bonchev–Trinajstić information content (AvgIpc) is 2.85. The van der Waals surface area contributed by atoms with Gasteiger partial charge in [-0.15, -0.1) is 0 Å². The molecule has 0 bridgehead atoms. The van der Waals surface area contributed by atoms with E-state index < -0.39 is 23.6 Å². The topological polar surface area (TPSA) is 52.6 Å². The molecule has 0 saturated carbocycles. The lowest BCUT2D eigenvalue weighted by Gasteiger charge is -2.05. The quantitative estimate of drug-likeness (QED) is 0.145. The number of benzene rings is 3. The van der Waals surface area contributed by atoms with Crippen LogP contribution in [-0.4, -0.2) is 11.9 Å². The third kappa shape index (κ3) is 6.96. The van der Waals surface area contributed by atoms with E-state index >= 15 is 0 Å². The molecule has 0 saturated heterocycles. The summed E-state index contributed by atoms with van der Waals surface area (Å²) in [6, 6.07) is 16.2. The van der Waals surface area contributed by atoms with Gasteiger partial charge in [0.15, 0.2) is 11.6 Å². The Morgan fingerprint density at radius 3 is 1.69 bits per heavy atom. The lowest BCUT2D eigenvalue weighted by atomic mass is 10.1. The van der Waals surface area contributed by atoms with Gasteiger partial charge in [0.05, 0.1) is 0 Å². The van der Waals surface area contributed by atoms with Gasteiger partial charge in [0.2, 0.25) is 0 Å². The molecule has 0 radical (unpaired) electrons. The van der Waals surface area contributed by atoms with Crippen LogP contribution in [0.4, 0.5) is 8.78 Å². The summed E-state index contributed by atoms with van der Waals surface area (Å²) in [6.07, 6.45) is 6.11. The molecule has 0 atom stereocenters. The molecule has 6 heteroatoms. The summed E-state index contributed by atoms with van der Waals surface area (Å²) in [5, 5.41) is 0. The second kappa shape index (κ2) is 11.7. The van der Waals surface area contributed by atoms with Gasteiger partial charge >= 0.3 is 11.9 Å². The number of carbonyl (C=O) groups is 2. The molecular formula is C30H24F2O4. The van der Waals surface area contributed by atoms with Crippen LogP contribution in [0.15, 0.2) is 85.0 Å². The highest BCUT2D eigenvalue weighted by Gasteiger charge is 2.11. The lowest BCUT2D eigenvalue weighted by Crippen LogP contribution is -2.08. The lowest BCUT2D eigenvalue weighted by molar-refractivity contribution is -0.130. The maximum atomic E-state index is 14.7. The highest BCUT2D eigenvalue weighted by Crippen LogP contribution is 2.22. The van der Waals surface area contributed by atoms with Crippen LogP contribution >= 0.6 is 0 Å². The Kier molecular flexibility index (Phi) is 8.47. The molecule has 3 rings (SSSR count). The van der Waals surface area contributed by atoms with E-state index in [1.54, 1.807) is 74.5 Å². The van der Waals surface area contributed by atoms with Gasteiger partial charge in [-0.3, -0.25) is 0 Å². The minimum atomic E-state index is -0.986. The van der Waals surface area contributed by atoms with Crippen LogP contribution in [-0.2, 0) is 9.59 Å². The molecule has 0 fully saturated rings. The van der Waals surface area contributed by atoms with Gasteiger partial charge < -0.3 is 9.47 Å². The van der Waals surface area contributed by atoms with Crippen molar-refractivity contribution < 1.29 is 27.8 Å². The molecule has 0 aliphatic heterocycles. The third-order valence-electron chi connectivity index (χ3n) is 4.91. The van der Waals surface area contributed by atoms with Crippen molar-refractivity contribution in [3.8, 4) is 11.5 Å². The summed E-state index contributed by atoms with van der Waals surface area (Å²) in [4.78, 5) is 23.2. The number of carbonyl (C=O) groups excluding carboxylic acids is 2. The van der Waals surface area contributed by atoms with Gasteiger partial charge in [-0.2, -0.15) is 0 Å². The molecule has 0 unspecified atom stereocenters. The second-order valence-corrected chi connectivity index (χ2v) is 8.02. The Labute approximate surface area is 208 Å². The summed E-state index contributed by atoms with van der Waals surface area (Å²) in [6.45, 7) is 10.2. The molecule has 0 spiro atoms. The van der Waals surface area contributed by atoms with Gasteiger partial charge in [0, 0.05) is 22.3 Å². The first-order chi connectivity index (χ1) is 17.1. The molecule has 0 heterocycles. The molecule has 3 aromatic carbocycles. The van der Waals surface area contributed by atoms with E-state index in [4.69, 9.17) is 9.47 Å². The molecule has 0 aliphatic carbocycles. The Balaban J connectivity index is 1.72. The fraction of sp³-hybridized carbons (Fsp3) is 0.0667. The third-order valence-corrected chi connectivity index (χ3v) is 4.91. The molecule has 36 heavy (non-hydrogen) atoms. The summed E-state index contributed by atoms with van der Waals surface area (Å²) in [5.74, 6) is -2.36. The normalized spacial score (nSPS) is 11.0. The molecule has 182 valence electrons. The first kappa shape index (κ1) is 26.0. The van der Waals surface area contributed by atoms with Crippen molar-refractivity contribution in [2.75, 3.05) is 0 Å². The van der Waals surface area contributed by atoms with Crippen LogP contribution in [0.5, 0.6) is 11.5 Å². The monoisotopic (exact) mass is 486 g/mol. The van der Waals surface area contributed by atoms with Gasteiger partial charge in [0.25, 0.3) is 0 Å². The van der Waals surface area contributed by atoms with E-state index in [-0.39, 0.29) is 22.3 Å². The van der Waals surface area contributed by atoms with Crippen molar-refractivity contribution in [3.63, 3.8) is 0 Å². The summed E-state index contributed by atoms with van der Waals surface area (Å²) in [5.41, 5.74) is 2.05. The van der Waals surface area contributed by atoms with Crippen molar-refractivity contribution in [1.29, 1.82) is 0 Å². The smallest absolute Gasteiger partial charge is 0.338 e. The summed E-state index contributed by atoms with van der Waals surface area (Å²) < 4.78 is 39.7. The zero-order chi connectivity index (χ0) is 26.2. The van der Waals surface area contributed by atoms with Crippen LogP contribution in [0.2, 0.25) is 0 Å². The van der Waals surface area contributed by atoms with E-state index in [0.717, 1.165) is 0 Å². The summed E-state index contributed by atoms with van der Waals surface area (Å²) >= 11 is 0. The zero-order valence-corrected chi connectivity index (χ0v) is 19.9. The number of halogens is 2. The molecular weight excluding hydrogens is 462 g/mol. The van der Waals surface area contributed by atoms with Crippen molar-refractivity contribution in [1.82, 2.24) is 0 Å². The van der Waals surface area contributed by atoms with Crippen molar-refractivity contribution >= 4 is 36.2 Å². The minimum Gasteiger partial charge on any atom is -0.423 e. The first-order valence-electron chi connectivity index (χ1n) is 10.9. The van der Waals surface area contributed by atoms with E-state index in [1.165, 1.54) is 24.3 Å². The predicted octanol–water partition coefficient (Wildman–Crippen LogP) is 7.27. The van der Waals surface area contributed by atoms with Gasteiger partial charge in [-0.1, -0.05) is 73.9 Å². The van der Waals surface area contributed by atoms with Crippen molar-refractivity contribution in [3.05, 3.63) is 119 Å². The Morgan fingerprint density at radius 2 is 1.17 bits per heavy atom. The van der Waals surface area contributed by atoms with Crippen LogP contribution in [0.1, 0.15) is 36.1 Å². The molecule has 4 nitrogen and oxygen atoms in total. The van der Waals surface area contributed by atoms with Gasteiger partial charge in [-0.25, -0.2) is 18.4 Å². The number of hydrogen-bond acceptors (Lipinski definition) is 4. The molecule has 3 aromatic rings. The van der Waals surface area contributed by atoms with Gasteiger partial charge in [0.1, 0.15) is 11.5 Å². The van der Waals surface area contributed by atoms with Crippen molar-refractivity contribution in [2.45, 2.75) is 13.8 Å². The Bertz CT molecular complexity index is 1380. The van der Waals surface area contributed by atoms with E-state index in [2.05, 4.69) is 13.2 Å². The second-order valence-electron chi connectivity index (χ2n) is 8.02. The number of rotatable bonds is 8. The molecule has 0 N–H and O–H groups in total. The SMILES string of the molecule is C=C(C)C(=O)Oc1ccc(/C=C/c2ccc(/C=C/c3cccc(OC(=O)C(=C)C)c3)c(F)c2F)cc1. The van der Waals surface area contributed by atoms with Crippen LogP contribution in [0.25, 0.3) is 24.3 Å². The minimum absolute atomic E-state index is 0.0673. The molecule has 0 aliphatic rings. The Morgan fingerprint density at radius 1 is 0.667 bits per heavy atom. The first-order valence-corrected chi connectivity index (χ1v) is 10.9. The fourth-order valence-electron chi connectivity index (χ4n) is 2.93.